The first-order chi connectivity index (χ1) is 11.4. The van der Waals surface area contributed by atoms with E-state index in [2.05, 4.69) is 0 Å². The summed E-state index contributed by atoms with van der Waals surface area (Å²) in [5.74, 6) is -2.16. The lowest BCUT2D eigenvalue weighted by Crippen LogP contribution is -2.49. The second kappa shape index (κ2) is 5.49. The van der Waals surface area contributed by atoms with E-state index in [-0.39, 0.29) is 12.5 Å². The van der Waals surface area contributed by atoms with Crippen molar-refractivity contribution in [2.45, 2.75) is 30.9 Å². The summed E-state index contributed by atoms with van der Waals surface area (Å²) in [6.45, 7) is -0.00882. The molecule has 1 aliphatic heterocycles. The van der Waals surface area contributed by atoms with Crippen LogP contribution in [0.3, 0.4) is 0 Å². The zero-order valence-electron chi connectivity index (χ0n) is 12.4. The fourth-order valence-corrected chi connectivity index (χ4v) is 3.48. The first-order valence-corrected chi connectivity index (χ1v) is 7.27. The maximum atomic E-state index is 13.9. The molecule has 136 valence electrons. The van der Waals surface area contributed by atoms with Crippen LogP contribution in [0.1, 0.15) is 17.5 Å². The summed E-state index contributed by atoms with van der Waals surface area (Å²) in [5.41, 5.74) is -3.19. The monoisotopic (exact) mass is 368 g/mol. The molecule has 2 aliphatic rings. The molecule has 1 aromatic rings. The Morgan fingerprint density at radius 3 is 2.36 bits per heavy atom. The number of nitriles is 1. The molecule has 0 radical (unpaired) electrons. The van der Waals surface area contributed by atoms with Gasteiger partial charge >= 0.3 is 12.4 Å². The van der Waals surface area contributed by atoms with Gasteiger partial charge in [-0.25, -0.2) is 4.39 Å². The van der Waals surface area contributed by atoms with Gasteiger partial charge < -0.3 is 10.0 Å². The average molecular weight is 368 g/mol. The molecule has 1 aliphatic carbocycles. The summed E-state index contributed by atoms with van der Waals surface area (Å²) >= 11 is 0. The van der Waals surface area contributed by atoms with E-state index < -0.39 is 53.0 Å². The molecule has 2 fully saturated rings. The van der Waals surface area contributed by atoms with Crippen LogP contribution in [0.4, 0.5) is 36.4 Å². The van der Waals surface area contributed by atoms with Crippen molar-refractivity contribution in [3.8, 4) is 6.07 Å². The summed E-state index contributed by atoms with van der Waals surface area (Å²) in [6, 6.07) is 0.714. The summed E-state index contributed by atoms with van der Waals surface area (Å²) in [4.78, 5) is 0.955. The van der Waals surface area contributed by atoms with Gasteiger partial charge in [0.25, 0.3) is 0 Å². The Kier molecular flexibility index (Phi) is 3.91. The van der Waals surface area contributed by atoms with Gasteiger partial charge in [0.1, 0.15) is 17.4 Å². The molecule has 1 unspecified atom stereocenters. The van der Waals surface area contributed by atoms with Crippen LogP contribution < -0.4 is 4.90 Å². The third-order valence-corrected chi connectivity index (χ3v) is 4.69. The second-order valence-corrected chi connectivity index (χ2v) is 6.25. The quantitative estimate of drug-likeness (QED) is 0.814. The van der Waals surface area contributed by atoms with Crippen LogP contribution in [-0.2, 0) is 6.18 Å². The summed E-state index contributed by atoms with van der Waals surface area (Å²) < 4.78 is 91.7. The highest BCUT2D eigenvalue weighted by Crippen LogP contribution is 2.53. The smallest absolute Gasteiger partial charge is 0.382 e. The van der Waals surface area contributed by atoms with Gasteiger partial charge in [0.2, 0.25) is 0 Å². The van der Waals surface area contributed by atoms with E-state index >= 15 is 0 Å². The molecule has 1 saturated heterocycles. The van der Waals surface area contributed by atoms with Crippen molar-refractivity contribution in [3.63, 3.8) is 0 Å². The van der Waals surface area contributed by atoms with Crippen molar-refractivity contribution in [2.24, 2.45) is 11.8 Å². The van der Waals surface area contributed by atoms with Gasteiger partial charge in [-0.05, 0) is 30.4 Å². The minimum Gasteiger partial charge on any atom is -0.382 e. The summed E-state index contributed by atoms with van der Waals surface area (Å²) in [5, 5.41) is 18.3. The Hall–Kier alpha value is -2.02. The van der Waals surface area contributed by atoms with E-state index in [1.807, 2.05) is 0 Å². The molecular formula is C15H11F7N2O. The van der Waals surface area contributed by atoms with E-state index in [1.165, 1.54) is 0 Å². The minimum absolute atomic E-state index is 0.00882. The second-order valence-electron chi connectivity index (χ2n) is 6.25. The van der Waals surface area contributed by atoms with Crippen LogP contribution in [0.5, 0.6) is 0 Å². The topological polar surface area (TPSA) is 47.3 Å². The highest BCUT2D eigenvalue weighted by molar-refractivity contribution is 5.58. The normalized spacial score (nSPS) is 27.0. The number of nitrogens with zero attached hydrogens (tertiary/aromatic N) is 2. The molecule has 0 amide bonds. The van der Waals surface area contributed by atoms with Gasteiger partial charge in [-0.2, -0.15) is 31.6 Å². The fourth-order valence-electron chi connectivity index (χ4n) is 3.48. The first-order valence-electron chi connectivity index (χ1n) is 7.27. The van der Waals surface area contributed by atoms with Crippen LogP contribution in [0.15, 0.2) is 12.1 Å². The number of piperidine rings is 1. The van der Waals surface area contributed by atoms with Gasteiger partial charge in [0.15, 0.2) is 6.10 Å². The van der Waals surface area contributed by atoms with Gasteiger partial charge in [-0.1, -0.05) is 0 Å². The molecular weight excluding hydrogens is 357 g/mol. The number of alkyl halides is 6. The molecule has 10 heteroatoms. The maximum Gasteiger partial charge on any atom is 0.417 e. The van der Waals surface area contributed by atoms with Crippen LogP contribution in [0.2, 0.25) is 0 Å². The Bertz CT molecular complexity index is 737. The predicted molar refractivity (Wildman–Crippen MR) is 70.9 cm³/mol. The third kappa shape index (κ3) is 3.01. The van der Waals surface area contributed by atoms with Gasteiger partial charge in [-0.15, -0.1) is 0 Å². The predicted octanol–water partition coefficient (Wildman–Crippen LogP) is 3.46. The molecule has 1 N–H and O–H groups in total. The molecule has 3 rings (SSSR count). The van der Waals surface area contributed by atoms with Crippen LogP contribution in [-0.4, -0.2) is 30.0 Å². The zero-order valence-corrected chi connectivity index (χ0v) is 12.4. The van der Waals surface area contributed by atoms with E-state index in [1.54, 1.807) is 0 Å². The molecule has 4 atom stereocenters. The van der Waals surface area contributed by atoms with Crippen molar-refractivity contribution in [1.82, 2.24) is 0 Å². The van der Waals surface area contributed by atoms with E-state index in [4.69, 9.17) is 5.26 Å². The fraction of sp³-hybridized carbons (Fsp3) is 0.533. The lowest BCUT2D eigenvalue weighted by atomic mass is 10.0. The minimum atomic E-state index is -5.04. The van der Waals surface area contributed by atoms with Crippen molar-refractivity contribution in [2.75, 3.05) is 11.4 Å². The van der Waals surface area contributed by atoms with Crippen LogP contribution >= 0.6 is 0 Å². The number of aliphatic hydroxyl groups excluding tert-OH is 1. The number of halogens is 7. The number of aliphatic hydroxyl groups is 1. The number of anilines is 1. The number of fused-ring (bicyclic) bond motifs is 1. The van der Waals surface area contributed by atoms with Gasteiger partial charge in [0, 0.05) is 12.2 Å². The average Bonchev–Trinajstić information content (AvgIpc) is 3.14. The van der Waals surface area contributed by atoms with Crippen molar-refractivity contribution in [3.05, 3.63) is 29.1 Å². The summed E-state index contributed by atoms with van der Waals surface area (Å²) in [7, 11) is 0. The van der Waals surface area contributed by atoms with Crippen molar-refractivity contribution < 1.29 is 35.8 Å². The van der Waals surface area contributed by atoms with Gasteiger partial charge in [-0.3, -0.25) is 0 Å². The SMILES string of the molecule is N#Cc1c(F)cc(N2C[C@@H]3CC3[C@@H]2[C@@H](O)C(F)(F)F)cc1C(F)(F)F. The third-order valence-electron chi connectivity index (χ3n) is 4.69. The lowest BCUT2D eigenvalue weighted by Gasteiger charge is -2.34. The molecule has 3 nitrogen and oxygen atoms in total. The molecule has 25 heavy (non-hydrogen) atoms. The van der Waals surface area contributed by atoms with E-state index in [0.29, 0.717) is 18.6 Å². The Balaban J connectivity index is 2.04. The largest absolute Gasteiger partial charge is 0.417 e. The lowest BCUT2D eigenvalue weighted by molar-refractivity contribution is -0.210. The first kappa shape index (κ1) is 17.8. The standard InChI is InChI=1S/C15H11F7N2O/c16-11-3-7(2-10(9(11)4-23)14(17,18)19)24-5-6-1-8(6)12(24)13(25)15(20,21)22/h2-3,6,8,12-13,25H,1,5H2/t6-,8?,12+,13+/m0/s1. The molecule has 1 aromatic carbocycles. The Labute approximate surface area is 137 Å². The number of hydrogen-bond acceptors (Lipinski definition) is 3. The Morgan fingerprint density at radius 2 is 1.84 bits per heavy atom. The number of hydrogen-bond donors (Lipinski definition) is 1. The van der Waals surface area contributed by atoms with Crippen LogP contribution in [0.25, 0.3) is 0 Å². The van der Waals surface area contributed by atoms with Crippen molar-refractivity contribution in [1.29, 1.82) is 5.26 Å². The number of benzene rings is 1. The van der Waals surface area contributed by atoms with Crippen LogP contribution in [0, 0.1) is 29.0 Å². The highest BCUT2D eigenvalue weighted by Gasteiger charge is 2.60. The number of rotatable bonds is 2. The molecule has 0 bridgehead atoms. The molecule has 0 spiro atoms. The van der Waals surface area contributed by atoms with Gasteiger partial charge in [0.05, 0.1) is 11.6 Å². The summed E-state index contributed by atoms with van der Waals surface area (Å²) in [6.07, 6.45) is -12.3. The zero-order chi connectivity index (χ0) is 18.7. The molecule has 0 aromatic heterocycles. The van der Waals surface area contributed by atoms with E-state index in [9.17, 15) is 35.8 Å². The van der Waals surface area contributed by atoms with E-state index in [0.717, 1.165) is 11.0 Å². The molecule has 1 heterocycles. The van der Waals surface area contributed by atoms with Crippen molar-refractivity contribution >= 4 is 5.69 Å². The maximum absolute atomic E-state index is 13.9. The molecule has 1 saturated carbocycles. The highest BCUT2D eigenvalue weighted by atomic mass is 19.4. The Morgan fingerprint density at radius 1 is 1.20 bits per heavy atom.